The van der Waals surface area contributed by atoms with Gasteiger partial charge in [-0.05, 0) is 19.9 Å². The molecule has 0 radical (unpaired) electrons. The van der Waals surface area contributed by atoms with Crippen molar-refractivity contribution in [1.29, 1.82) is 0 Å². The second-order valence-corrected chi connectivity index (χ2v) is 5.84. The van der Waals surface area contributed by atoms with Crippen LogP contribution in [-0.2, 0) is 13.0 Å². The van der Waals surface area contributed by atoms with E-state index in [9.17, 15) is 0 Å². The Bertz CT molecular complexity index is 698. The van der Waals surface area contributed by atoms with Crippen LogP contribution in [-0.4, -0.2) is 14.8 Å². The molecule has 0 atom stereocenters. The number of benzene rings is 1. The second-order valence-electron chi connectivity index (χ2n) is 4.89. The Kier molecular flexibility index (Phi) is 3.65. The van der Waals surface area contributed by atoms with Gasteiger partial charge in [0.15, 0.2) is 0 Å². The summed E-state index contributed by atoms with van der Waals surface area (Å²) in [6.07, 6.45) is 0.930. The molecule has 3 aromatic rings. The summed E-state index contributed by atoms with van der Waals surface area (Å²) < 4.78 is 2.05. The Hall–Kier alpha value is -1.94. The highest BCUT2D eigenvalue weighted by atomic mass is 32.1. The molecule has 0 aliphatic carbocycles. The first kappa shape index (κ1) is 13.1. The van der Waals surface area contributed by atoms with Crippen LogP contribution in [0.3, 0.4) is 0 Å². The molecule has 0 aliphatic rings. The lowest BCUT2D eigenvalue weighted by Gasteiger charge is -2.01. The molecule has 3 nitrogen and oxygen atoms in total. The first-order valence-corrected chi connectivity index (χ1v) is 7.61. The van der Waals surface area contributed by atoms with Gasteiger partial charge in [0.25, 0.3) is 0 Å². The molecule has 2 heterocycles. The molecule has 1 aromatic carbocycles. The van der Waals surface area contributed by atoms with E-state index in [2.05, 4.69) is 40.3 Å². The molecule has 4 heteroatoms. The zero-order valence-corrected chi connectivity index (χ0v) is 12.5. The highest BCUT2D eigenvalue weighted by Crippen LogP contribution is 2.22. The quantitative estimate of drug-likeness (QED) is 0.728. The van der Waals surface area contributed by atoms with Gasteiger partial charge in [-0.15, -0.1) is 11.3 Å². The third kappa shape index (κ3) is 2.80. The number of aryl methyl sites for hydroxylation is 4. The topological polar surface area (TPSA) is 30.7 Å². The van der Waals surface area contributed by atoms with Crippen LogP contribution in [0, 0.1) is 13.8 Å². The second kappa shape index (κ2) is 5.59. The maximum atomic E-state index is 4.71. The molecule has 0 saturated carbocycles. The first-order chi connectivity index (χ1) is 9.72. The Morgan fingerprint density at radius 2 is 1.95 bits per heavy atom. The van der Waals surface area contributed by atoms with Crippen molar-refractivity contribution in [1.82, 2.24) is 14.8 Å². The molecule has 20 heavy (non-hydrogen) atoms. The monoisotopic (exact) mass is 283 g/mol. The van der Waals surface area contributed by atoms with Crippen molar-refractivity contribution in [2.75, 3.05) is 0 Å². The number of aromatic nitrogens is 3. The summed E-state index contributed by atoms with van der Waals surface area (Å²) in [5.74, 6) is 0. The lowest BCUT2D eigenvalue weighted by Crippen LogP contribution is -2.05. The van der Waals surface area contributed by atoms with E-state index >= 15 is 0 Å². The van der Waals surface area contributed by atoms with E-state index in [0.717, 1.165) is 29.4 Å². The standard InChI is InChI=1S/C16H17N3S/c1-12-10-13(2)19(18-12)9-8-16-17-15(11-20-16)14-6-4-3-5-7-14/h3-7,10-11H,8-9H2,1-2H3. The summed E-state index contributed by atoms with van der Waals surface area (Å²) in [5.41, 5.74) is 4.54. The van der Waals surface area contributed by atoms with E-state index < -0.39 is 0 Å². The molecule has 0 unspecified atom stereocenters. The summed E-state index contributed by atoms with van der Waals surface area (Å²) >= 11 is 1.72. The highest BCUT2D eigenvalue weighted by Gasteiger charge is 2.06. The third-order valence-corrected chi connectivity index (χ3v) is 4.17. The van der Waals surface area contributed by atoms with Crippen molar-refractivity contribution in [3.05, 3.63) is 58.2 Å². The summed E-state index contributed by atoms with van der Waals surface area (Å²) in [5, 5.41) is 7.78. The first-order valence-electron chi connectivity index (χ1n) is 6.73. The van der Waals surface area contributed by atoms with Crippen LogP contribution >= 0.6 is 11.3 Å². The molecule has 0 spiro atoms. The van der Waals surface area contributed by atoms with Gasteiger partial charge in [0.05, 0.1) is 16.4 Å². The van der Waals surface area contributed by atoms with E-state index in [4.69, 9.17) is 4.98 Å². The molecular formula is C16H17N3S. The number of hydrogen-bond acceptors (Lipinski definition) is 3. The van der Waals surface area contributed by atoms with E-state index in [1.807, 2.05) is 25.1 Å². The van der Waals surface area contributed by atoms with Crippen molar-refractivity contribution in [2.24, 2.45) is 0 Å². The molecule has 2 aromatic heterocycles. The minimum atomic E-state index is 0.890. The van der Waals surface area contributed by atoms with Crippen LogP contribution < -0.4 is 0 Å². The van der Waals surface area contributed by atoms with Gasteiger partial charge in [0, 0.05) is 29.6 Å². The van der Waals surface area contributed by atoms with Crippen molar-refractivity contribution < 1.29 is 0 Å². The number of hydrogen-bond donors (Lipinski definition) is 0. The fourth-order valence-corrected chi connectivity index (χ4v) is 3.07. The number of nitrogens with zero attached hydrogens (tertiary/aromatic N) is 3. The maximum absolute atomic E-state index is 4.71. The molecule has 0 amide bonds. The highest BCUT2D eigenvalue weighted by molar-refractivity contribution is 7.09. The van der Waals surface area contributed by atoms with Gasteiger partial charge in [-0.2, -0.15) is 5.10 Å². The molecule has 3 rings (SSSR count). The normalized spacial score (nSPS) is 10.9. The summed E-state index contributed by atoms with van der Waals surface area (Å²) in [6, 6.07) is 12.4. The summed E-state index contributed by atoms with van der Waals surface area (Å²) in [6.45, 7) is 5.01. The van der Waals surface area contributed by atoms with Gasteiger partial charge in [0.1, 0.15) is 0 Å². The van der Waals surface area contributed by atoms with Gasteiger partial charge >= 0.3 is 0 Å². The Morgan fingerprint density at radius 1 is 1.15 bits per heavy atom. The van der Waals surface area contributed by atoms with Crippen molar-refractivity contribution in [3.8, 4) is 11.3 Å². The third-order valence-electron chi connectivity index (χ3n) is 3.26. The molecule has 0 fully saturated rings. The zero-order valence-electron chi connectivity index (χ0n) is 11.7. The fourth-order valence-electron chi connectivity index (χ4n) is 2.27. The predicted molar refractivity (Wildman–Crippen MR) is 83.0 cm³/mol. The van der Waals surface area contributed by atoms with E-state index in [1.165, 1.54) is 11.3 Å². The maximum Gasteiger partial charge on any atom is 0.0951 e. The Balaban J connectivity index is 1.70. The fraction of sp³-hybridized carbons (Fsp3) is 0.250. The average molecular weight is 283 g/mol. The van der Waals surface area contributed by atoms with Crippen LogP contribution in [0.25, 0.3) is 11.3 Å². The van der Waals surface area contributed by atoms with Crippen molar-refractivity contribution >= 4 is 11.3 Å². The van der Waals surface area contributed by atoms with Crippen molar-refractivity contribution in [2.45, 2.75) is 26.8 Å². The SMILES string of the molecule is Cc1cc(C)n(CCc2nc(-c3ccccc3)cs2)n1. The molecular weight excluding hydrogens is 266 g/mol. The zero-order chi connectivity index (χ0) is 13.9. The van der Waals surface area contributed by atoms with Gasteiger partial charge in [-0.25, -0.2) is 4.98 Å². The van der Waals surface area contributed by atoms with Gasteiger partial charge in [-0.3, -0.25) is 4.68 Å². The largest absolute Gasteiger partial charge is 0.269 e. The Labute approximate surface area is 122 Å². The smallest absolute Gasteiger partial charge is 0.0951 e. The lowest BCUT2D eigenvalue weighted by atomic mass is 10.2. The number of thiazole rings is 1. The molecule has 0 N–H and O–H groups in total. The van der Waals surface area contributed by atoms with E-state index in [-0.39, 0.29) is 0 Å². The van der Waals surface area contributed by atoms with Crippen LogP contribution in [0.4, 0.5) is 0 Å². The van der Waals surface area contributed by atoms with Crippen LogP contribution in [0.5, 0.6) is 0 Å². The van der Waals surface area contributed by atoms with Crippen molar-refractivity contribution in [3.63, 3.8) is 0 Å². The molecule has 102 valence electrons. The molecule has 0 bridgehead atoms. The summed E-state index contributed by atoms with van der Waals surface area (Å²) in [7, 11) is 0. The van der Waals surface area contributed by atoms with Crippen LogP contribution in [0.1, 0.15) is 16.4 Å². The van der Waals surface area contributed by atoms with Gasteiger partial charge in [-0.1, -0.05) is 30.3 Å². The lowest BCUT2D eigenvalue weighted by molar-refractivity contribution is 0.593. The minimum absolute atomic E-state index is 0.890. The van der Waals surface area contributed by atoms with Gasteiger partial charge < -0.3 is 0 Å². The van der Waals surface area contributed by atoms with E-state index in [1.54, 1.807) is 11.3 Å². The van der Waals surface area contributed by atoms with Crippen LogP contribution in [0.2, 0.25) is 0 Å². The predicted octanol–water partition coefficient (Wildman–Crippen LogP) is 3.87. The number of rotatable bonds is 4. The van der Waals surface area contributed by atoms with Crippen LogP contribution in [0.15, 0.2) is 41.8 Å². The summed E-state index contributed by atoms with van der Waals surface area (Å²) in [4.78, 5) is 4.71. The van der Waals surface area contributed by atoms with Gasteiger partial charge in [0.2, 0.25) is 0 Å². The Morgan fingerprint density at radius 3 is 2.65 bits per heavy atom. The van der Waals surface area contributed by atoms with E-state index in [0.29, 0.717) is 0 Å². The molecule has 0 saturated heterocycles. The average Bonchev–Trinajstić information content (AvgIpc) is 3.04. The molecule has 0 aliphatic heterocycles. The minimum Gasteiger partial charge on any atom is -0.269 e.